The Labute approximate surface area is 156 Å². The van der Waals surface area contributed by atoms with Crippen LogP contribution in [0, 0.1) is 17.5 Å². The molecule has 4 nitrogen and oxygen atoms in total. The predicted octanol–water partition coefficient (Wildman–Crippen LogP) is 5.89. The second kappa shape index (κ2) is 6.51. The zero-order chi connectivity index (χ0) is 19.1. The van der Waals surface area contributed by atoms with E-state index in [2.05, 4.69) is 10.3 Å². The van der Waals surface area contributed by atoms with Crippen molar-refractivity contribution in [3.63, 3.8) is 0 Å². The number of nitrogen functional groups attached to an aromatic ring is 1. The van der Waals surface area contributed by atoms with Crippen molar-refractivity contribution in [1.29, 1.82) is 0 Å². The van der Waals surface area contributed by atoms with E-state index in [1.54, 1.807) is 6.07 Å². The van der Waals surface area contributed by atoms with Crippen molar-refractivity contribution in [2.24, 2.45) is 0 Å². The monoisotopic (exact) mass is 389 g/mol. The average molecular weight is 390 g/mol. The summed E-state index contributed by atoms with van der Waals surface area (Å²) in [6.07, 6.45) is 1.47. The van der Waals surface area contributed by atoms with E-state index in [9.17, 15) is 13.2 Å². The summed E-state index contributed by atoms with van der Waals surface area (Å²) in [5.74, 6) is -1.98. The van der Waals surface area contributed by atoms with Gasteiger partial charge in [0, 0.05) is 23.5 Å². The number of nitrogens with zero attached hydrogens (tertiary/aromatic N) is 1. The number of hydrogen-bond acceptors (Lipinski definition) is 4. The number of furan rings is 1. The van der Waals surface area contributed by atoms with E-state index in [1.807, 2.05) is 0 Å². The zero-order valence-electron chi connectivity index (χ0n) is 13.6. The highest BCUT2D eigenvalue weighted by Crippen LogP contribution is 2.39. The average Bonchev–Trinajstić information content (AvgIpc) is 2.93. The zero-order valence-corrected chi connectivity index (χ0v) is 14.3. The number of nitrogens with one attached hydrogen (secondary N) is 1. The number of aromatic nitrogens is 1. The number of pyridine rings is 1. The molecular weight excluding hydrogens is 379 g/mol. The van der Waals surface area contributed by atoms with E-state index in [1.165, 1.54) is 24.4 Å². The number of anilines is 3. The minimum atomic E-state index is -0.734. The predicted molar refractivity (Wildman–Crippen MR) is 98.5 cm³/mol. The number of benzene rings is 2. The number of hydrogen-bond donors (Lipinski definition) is 2. The first kappa shape index (κ1) is 17.2. The largest absolute Gasteiger partial charge is 0.436 e. The molecular formula is C19H11ClF3N3O. The van der Waals surface area contributed by atoms with E-state index < -0.39 is 17.5 Å². The lowest BCUT2D eigenvalue weighted by atomic mass is 10.1. The van der Waals surface area contributed by atoms with E-state index >= 15 is 0 Å². The number of halogens is 4. The first-order valence-electron chi connectivity index (χ1n) is 7.78. The molecule has 2 heterocycles. The van der Waals surface area contributed by atoms with Crippen LogP contribution in [-0.4, -0.2) is 4.98 Å². The fourth-order valence-electron chi connectivity index (χ4n) is 2.79. The van der Waals surface area contributed by atoms with Crippen molar-refractivity contribution in [3.05, 3.63) is 71.1 Å². The maximum absolute atomic E-state index is 13.6. The van der Waals surface area contributed by atoms with Crippen LogP contribution in [0.2, 0.25) is 5.02 Å². The van der Waals surface area contributed by atoms with Crippen molar-refractivity contribution in [1.82, 2.24) is 4.98 Å². The van der Waals surface area contributed by atoms with Crippen LogP contribution in [0.4, 0.5) is 30.4 Å². The van der Waals surface area contributed by atoms with Crippen molar-refractivity contribution < 1.29 is 17.6 Å². The fourth-order valence-corrected chi connectivity index (χ4v) is 2.97. The van der Waals surface area contributed by atoms with Gasteiger partial charge in [-0.2, -0.15) is 0 Å². The van der Waals surface area contributed by atoms with Crippen molar-refractivity contribution in [2.75, 3.05) is 11.1 Å². The van der Waals surface area contributed by atoms with Crippen molar-refractivity contribution in [3.8, 4) is 11.3 Å². The number of fused-ring (bicyclic) bond motifs is 1. The van der Waals surface area contributed by atoms with Crippen LogP contribution in [0.25, 0.3) is 22.2 Å². The summed E-state index contributed by atoms with van der Waals surface area (Å²) >= 11 is 5.80. The smallest absolute Gasteiger partial charge is 0.215 e. The Bertz CT molecular complexity index is 1160. The fraction of sp³-hybridized carbons (Fsp3) is 0. The van der Waals surface area contributed by atoms with Gasteiger partial charge in [-0.15, -0.1) is 0 Å². The van der Waals surface area contributed by atoms with Crippen LogP contribution < -0.4 is 11.1 Å². The van der Waals surface area contributed by atoms with Crippen LogP contribution in [-0.2, 0) is 0 Å². The Hall–Kier alpha value is -3.19. The minimum Gasteiger partial charge on any atom is -0.436 e. The summed E-state index contributed by atoms with van der Waals surface area (Å²) in [6, 6.07) is 8.81. The molecule has 8 heteroatoms. The Morgan fingerprint density at radius 1 is 1.00 bits per heavy atom. The molecule has 0 spiro atoms. The lowest BCUT2D eigenvalue weighted by molar-refractivity contribution is 0.584. The molecule has 0 radical (unpaired) electrons. The topological polar surface area (TPSA) is 64.1 Å². The van der Waals surface area contributed by atoms with E-state index in [0.29, 0.717) is 16.8 Å². The lowest BCUT2D eigenvalue weighted by Crippen LogP contribution is -1.94. The molecule has 0 aliphatic heterocycles. The highest BCUT2D eigenvalue weighted by atomic mass is 35.5. The third-order valence-electron chi connectivity index (χ3n) is 3.96. The van der Waals surface area contributed by atoms with Crippen LogP contribution in [0.15, 0.2) is 53.1 Å². The summed E-state index contributed by atoms with van der Waals surface area (Å²) in [7, 11) is 0. The van der Waals surface area contributed by atoms with Crippen LogP contribution >= 0.6 is 11.6 Å². The van der Waals surface area contributed by atoms with Gasteiger partial charge in [-0.3, -0.25) is 4.98 Å². The summed E-state index contributed by atoms with van der Waals surface area (Å²) in [5, 5.41) is 3.51. The summed E-state index contributed by atoms with van der Waals surface area (Å²) in [4.78, 5) is 4.17. The van der Waals surface area contributed by atoms with Gasteiger partial charge in [0.15, 0.2) is 5.58 Å². The van der Waals surface area contributed by atoms with Gasteiger partial charge in [-0.25, -0.2) is 13.2 Å². The lowest BCUT2D eigenvalue weighted by Gasteiger charge is -2.06. The molecule has 136 valence electrons. The van der Waals surface area contributed by atoms with Gasteiger partial charge in [0.25, 0.3) is 0 Å². The second-order valence-electron chi connectivity index (χ2n) is 5.79. The molecule has 3 N–H and O–H groups in total. The van der Waals surface area contributed by atoms with Gasteiger partial charge < -0.3 is 15.5 Å². The Morgan fingerprint density at radius 2 is 1.74 bits per heavy atom. The maximum Gasteiger partial charge on any atom is 0.215 e. The maximum atomic E-state index is 13.6. The molecule has 0 aliphatic carbocycles. The van der Waals surface area contributed by atoms with Crippen LogP contribution in [0.3, 0.4) is 0 Å². The molecule has 0 fully saturated rings. The summed E-state index contributed by atoms with van der Waals surface area (Å²) < 4.78 is 46.1. The van der Waals surface area contributed by atoms with Gasteiger partial charge >= 0.3 is 0 Å². The molecule has 4 rings (SSSR count). The first-order valence-corrected chi connectivity index (χ1v) is 8.15. The molecule has 0 saturated carbocycles. The highest BCUT2D eigenvalue weighted by Gasteiger charge is 2.18. The van der Waals surface area contributed by atoms with E-state index in [4.69, 9.17) is 21.8 Å². The van der Waals surface area contributed by atoms with Gasteiger partial charge in [0.1, 0.15) is 28.8 Å². The van der Waals surface area contributed by atoms with Crippen LogP contribution in [0.5, 0.6) is 0 Å². The minimum absolute atomic E-state index is 0.0385. The summed E-state index contributed by atoms with van der Waals surface area (Å²) in [5.41, 5.74) is 7.58. The quantitative estimate of drug-likeness (QED) is 0.458. The van der Waals surface area contributed by atoms with E-state index in [0.717, 1.165) is 18.2 Å². The van der Waals surface area contributed by atoms with Gasteiger partial charge in [-0.05, 0) is 36.4 Å². The van der Waals surface area contributed by atoms with Gasteiger partial charge in [0.05, 0.1) is 10.4 Å². The molecule has 0 unspecified atom stereocenters. The Kier molecular flexibility index (Phi) is 4.16. The molecule has 2 aromatic carbocycles. The molecule has 0 bridgehead atoms. The Morgan fingerprint density at radius 3 is 2.44 bits per heavy atom. The second-order valence-corrected chi connectivity index (χ2v) is 6.20. The molecule has 0 amide bonds. The van der Waals surface area contributed by atoms with Crippen molar-refractivity contribution >= 4 is 39.8 Å². The van der Waals surface area contributed by atoms with Crippen LogP contribution in [0.1, 0.15) is 0 Å². The van der Waals surface area contributed by atoms with Crippen molar-refractivity contribution in [2.45, 2.75) is 0 Å². The molecule has 2 aromatic heterocycles. The number of nitrogens with two attached hydrogens (primary N) is 1. The molecule has 27 heavy (non-hydrogen) atoms. The van der Waals surface area contributed by atoms with Gasteiger partial charge in [0.2, 0.25) is 5.88 Å². The molecule has 4 aromatic rings. The molecule has 0 aliphatic rings. The third kappa shape index (κ3) is 3.17. The molecule has 0 saturated heterocycles. The third-order valence-corrected chi connectivity index (χ3v) is 4.25. The summed E-state index contributed by atoms with van der Waals surface area (Å²) in [6.45, 7) is 0. The van der Waals surface area contributed by atoms with Gasteiger partial charge in [-0.1, -0.05) is 11.6 Å². The standard InChI is InChI=1S/C19H11ClF3N3O/c20-14-8-12(1-2-15(14)23)26-17-13-3-4-25-16(18(13)27-19(17)24)9-5-10(21)7-11(22)6-9/h1-8,26H,24H2. The SMILES string of the molecule is Nc1oc2c(-c3cc(F)cc(F)c3)nccc2c1Nc1ccc(F)c(Cl)c1. The normalized spacial score (nSPS) is 11.1. The molecule has 0 atom stereocenters. The Balaban J connectivity index is 1.84. The highest BCUT2D eigenvalue weighted by molar-refractivity contribution is 6.31. The number of rotatable bonds is 3. The first-order chi connectivity index (χ1) is 12.9. The van der Waals surface area contributed by atoms with E-state index in [-0.39, 0.29) is 27.7 Å².